The predicted octanol–water partition coefficient (Wildman–Crippen LogP) is 3.04. The van der Waals surface area contributed by atoms with E-state index in [-0.39, 0.29) is 5.91 Å². The molecule has 0 unspecified atom stereocenters. The number of amides is 1. The van der Waals surface area contributed by atoms with Crippen LogP contribution in [0, 0.1) is 0 Å². The molecule has 21 heavy (non-hydrogen) atoms. The first-order valence-corrected chi connectivity index (χ1v) is 7.70. The van der Waals surface area contributed by atoms with E-state index in [9.17, 15) is 4.79 Å². The second-order valence-electron chi connectivity index (χ2n) is 5.28. The molecule has 1 N–H and O–H groups in total. The molecule has 1 aromatic heterocycles. The fraction of sp³-hybridized carbons (Fsp3) is 0.312. The minimum Gasteiger partial charge on any atom is -0.497 e. The van der Waals surface area contributed by atoms with Crippen LogP contribution in [-0.4, -0.2) is 32.7 Å². The molecule has 0 saturated heterocycles. The second-order valence-corrected chi connectivity index (χ2v) is 6.33. The molecule has 0 aliphatic carbocycles. The maximum Gasteiger partial charge on any atom is 0.263 e. The van der Waals surface area contributed by atoms with Gasteiger partial charge in [0.05, 0.1) is 12.8 Å². The molecule has 1 aromatic carbocycles. The minimum atomic E-state index is 0.00869. The van der Waals surface area contributed by atoms with Crippen molar-refractivity contribution >= 4 is 33.0 Å². The van der Waals surface area contributed by atoms with E-state index in [1.54, 1.807) is 7.11 Å². The largest absolute Gasteiger partial charge is 0.497 e. The average molecular weight is 302 g/mol. The second kappa shape index (κ2) is 5.41. The summed E-state index contributed by atoms with van der Waals surface area (Å²) < 4.78 is 6.43. The summed E-state index contributed by atoms with van der Waals surface area (Å²) in [6, 6.07) is 5.95. The van der Waals surface area contributed by atoms with Gasteiger partial charge >= 0.3 is 0 Å². The number of methoxy groups -OCH3 is 1. The van der Waals surface area contributed by atoms with Gasteiger partial charge in [-0.3, -0.25) is 4.79 Å². The number of thiophene rings is 1. The molecule has 0 saturated carbocycles. The molecule has 2 aromatic rings. The third-order valence-electron chi connectivity index (χ3n) is 3.52. The Hall–Kier alpha value is -2.01. The third kappa shape index (κ3) is 2.49. The molecular weight excluding hydrogens is 284 g/mol. The van der Waals surface area contributed by atoms with E-state index >= 15 is 0 Å². The third-order valence-corrected chi connectivity index (χ3v) is 4.68. The molecule has 3 rings (SSSR count). The average Bonchev–Trinajstić information content (AvgIpc) is 2.76. The van der Waals surface area contributed by atoms with Crippen LogP contribution in [0.15, 0.2) is 30.4 Å². The van der Waals surface area contributed by atoms with Crippen LogP contribution in [0.5, 0.6) is 5.75 Å². The Morgan fingerprint density at radius 1 is 1.52 bits per heavy atom. The number of nitrogens with one attached hydrogen (secondary N) is 1. The first-order chi connectivity index (χ1) is 10.1. The van der Waals surface area contributed by atoms with Gasteiger partial charge in [-0.25, -0.2) is 0 Å². The summed E-state index contributed by atoms with van der Waals surface area (Å²) in [5, 5.41) is 4.04. The lowest BCUT2D eigenvalue weighted by Gasteiger charge is -2.23. The van der Waals surface area contributed by atoms with E-state index in [4.69, 9.17) is 4.74 Å². The Morgan fingerprint density at radius 3 is 3.05 bits per heavy atom. The van der Waals surface area contributed by atoms with Crippen molar-refractivity contribution in [3.05, 3.63) is 35.2 Å². The molecule has 4 nitrogen and oxygen atoms in total. The molecule has 0 fully saturated rings. The zero-order chi connectivity index (χ0) is 15.0. The number of hydrogen-bond acceptors (Lipinski definition) is 4. The van der Waals surface area contributed by atoms with Crippen LogP contribution in [-0.2, 0) is 0 Å². The van der Waals surface area contributed by atoms with Crippen molar-refractivity contribution in [1.82, 2.24) is 5.32 Å². The molecule has 0 spiro atoms. The summed E-state index contributed by atoms with van der Waals surface area (Å²) in [5.41, 5.74) is 2.09. The van der Waals surface area contributed by atoms with Gasteiger partial charge in [-0.2, -0.15) is 0 Å². The van der Waals surface area contributed by atoms with E-state index in [1.807, 2.05) is 25.1 Å². The van der Waals surface area contributed by atoms with Gasteiger partial charge < -0.3 is 15.0 Å². The van der Waals surface area contributed by atoms with Crippen molar-refractivity contribution in [2.75, 3.05) is 31.6 Å². The van der Waals surface area contributed by atoms with E-state index in [0.29, 0.717) is 6.54 Å². The van der Waals surface area contributed by atoms with Crippen LogP contribution in [0.25, 0.3) is 10.1 Å². The number of ether oxygens (including phenoxy) is 1. The highest BCUT2D eigenvalue weighted by Gasteiger charge is 2.26. The Balaban J connectivity index is 2.21. The molecule has 0 atom stereocenters. The summed E-state index contributed by atoms with van der Waals surface area (Å²) in [4.78, 5) is 15.3. The van der Waals surface area contributed by atoms with Crippen LogP contribution in [0.1, 0.15) is 16.6 Å². The normalized spacial score (nSPS) is 14.6. The molecular formula is C16H18N2O2S. The molecule has 1 aliphatic heterocycles. The van der Waals surface area contributed by atoms with Crippen LogP contribution in [0.3, 0.4) is 0 Å². The topological polar surface area (TPSA) is 41.6 Å². The van der Waals surface area contributed by atoms with Gasteiger partial charge in [0.2, 0.25) is 0 Å². The first kappa shape index (κ1) is 13.9. The fourth-order valence-electron chi connectivity index (χ4n) is 2.64. The molecule has 5 heteroatoms. The van der Waals surface area contributed by atoms with Crippen LogP contribution >= 0.6 is 11.3 Å². The van der Waals surface area contributed by atoms with E-state index in [1.165, 1.54) is 11.3 Å². The van der Waals surface area contributed by atoms with Crippen LogP contribution in [0.4, 0.5) is 5.69 Å². The highest BCUT2D eigenvalue weighted by Crippen LogP contribution is 2.40. The van der Waals surface area contributed by atoms with Crippen LogP contribution < -0.4 is 15.0 Å². The fourth-order valence-corrected chi connectivity index (χ4v) is 3.76. The number of rotatable bonds is 3. The number of hydrogen-bond donors (Lipinski definition) is 1. The van der Waals surface area contributed by atoms with Crippen molar-refractivity contribution in [3.8, 4) is 5.75 Å². The van der Waals surface area contributed by atoms with E-state index < -0.39 is 0 Å². The number of anilines is 1. The summed E-state index contributed by atoms with van der Waals surface area (Å²) >= 11 is 1.53. The van der Waals surface area contributed by atoms with Crippen molar-refractivity contribution in [2.24, 2.45) is 0 Å². The summed E-state index contributed by atoms with van der Waals surface area (Å²) in [6.45, 7) is 8.20. The molecule has 1 amide bonds. The highest BCUT2D eigenvalue weighted by atomic mass is 32.1. The van der Waals surface area contributed by atoms with Gasteiger partial charge in [0.15, 0.2) is 0 Å². The molecule has 110 valence electrons. The number of nitrogens with zero attached hydrogens (tertiary/aromatic N) is 1. The van der Waals surface area contributed by atoms with Gasteiger partial charge in [0, 0.05) is 29.7 Å². The van der Waals surface area contributed by atoms with Crippen molar-refractivity contribution in [3.63, 3.8) is 0 Å². The Bertz CT molecular complexity index is 720. The smallest absolute Gasteiger partial charge is 0.263 e. The standard InChI is InChI=1S/C16H18N2O2S/c1-10(2)9-18-7-6-17-16(19)15-14(18)12-8-11(20-3)4-5-13(12)21-15/h4-5,8H,1,6-7,9H2,2-3H3,(H,17,19). The molecule has 0 radical (unpaired) electrons. The van der Waals surface area contributed by atoms with Gasteiger partial charge in [0.1, 0.15) is 10.6 Å². The van der Waals surface area contributed by atoms with Gasteiger partial charge in [-0.05, 0) is 25.1 Å². The van der Waals surface area contributed by atoms with E-state index in [2.05, 4.69) is 16.8 Å². The molecule has 1 aliphatic rings. The zero-order valence-corrected chi connectivity index (χ0v) is 13.0. The molecule has 2 heterocycles. The SMILES string of the molecule is C=C(C)CN1CCNC(=O)c2sc3ccc(OC)cc3c21. The van der Waals surface area contributed by atoms with Crippen LogP contribution in [0.2, 0.25) is 0 Å². The Labute approximate surface area is 128 Å². The van der Waals surface area contributed by atoms with Gasteiger partial charge in [-0.1, -0.05) is 12.2 Å². The Morgan fingerprint density at radius 2 is 2.33 bits per heavy atom. The minimum absolute atomic E-state index is 0.00869. The lowest BCUT2D eigenvalue weighted by molar-refractivity contribution is 0.0962. The summed E-state index contributed by atoms with van der Waals surface area (Å²) in [7, 11) is 1.66. The summed E-state index contributed by atoms with van der Waals surface area (Å²) in [6.07, 6.45) is 0. The monoisotopic (exact) mass is 302 g/mol. The van der Waals surface area contributed by atoms with Crippen molar-refractivity contribution in [2.45, 2.75) is 6.92 Å². The Kier molecular flexibility index (Phi) is 3.59. The summed E-state index contributed by atoms with van der Waals surface area (Å²) in [5.74, 6) is 0.817. The van der Waals surface area contributed by atoms with Crippen molar-refractivity contribution in [1.29, 1.82) is 0 Å². The first-order valence-electron chi connectivity index (χ1n) is 6.88. The maximum atomic E-state index is 12.3. The lowest BCUT2D eigenvalue weighted by Crippen LogP contribution is -2.31. The predicted molar refractivity (Wildman–Crippen MR) is 87.7 cm³/mol. The lowest BCUT2D eigenvalue weighted by atomic mass is 10.1. The number of benzene rings is 1. The zero-order valence-electron chi connectivity index (χ0n) is 12.2. The molecule has 0 bridgehead atoms. The highest BCUT2D eigenvalue weighted by molar-refractivity contribution is 7.21. The number of fused-ring (bicyclic) bond motifs is 3. The van der Waals surface area contributed by atoms with Gasteiger partial charge in [-0.15, -0.1) is 11.3 Å². The number of carbonyl (C=O) groups excluding carboxylic acids is 1. The maximum absolute atomic E-state index is 12.3. The van der Waals surface area contributed by atoms with E-state index in [0.717, 1.165) is 45.1 Å². The quantitative estimate of drug-likeness (QED) is 0.886. The van der Waals surface area contributed by atoms with Crippen molar-refractivity contribution < 1.29 is 9.53 Å². The van der Waals surface area contributed by atoms with Gasteiger partial charge in [0.25, 0.3) is 5.91 Å². The number of carbonyl (C=O) groups is 1.